The fraction of sp³-hybridized carbons (Fsp3) is 0.450. The zero-order valence-corrected chi connectivity index (χ0v) is 15.1. The predicted molar refractivity (Wildman–Crippen MR) is 97.0 cm³/mol. The fourth-order valence-electron chi connectivity index (χ4n) is 3.85. The Balaban J connectivity index is 1.79. The summed E-state index contributed by atoms with van der Waals surface area (Å²) in [7, 11) is 0. The number of amides is 4. The molecular weight excluding hydrogens is 330 g/mol. The number of carbonyl (C=O) groups excluding carboxylic acids is 3. The van der Waals surface area contributed by atoms with Gasteiger partial charge in [-0.2, -0.15) is 0 Å². The van der Waals surface area contributed by atoms with Crippen molar-refractivity contribution in [2.75, 3.05) is 6.54 Å². The van der Waals surface area contributed by atoms with Crippen molar-refractivity contribution in [3.63, 3.8) is 0 Å². The van der Waals surface area contributed by atoms with Crippen molar-refractivity contribution in [3.8, 4) is 12.3 Å². The largest absolute Gasteiger partial charge is 0.338 e. The first kappa shape index (κ1) is 18.0. The highest BCUT2D eigenvalue weighted by Gasteiger charge is 2.55. The highest BCUT2D eigenvalue weighted by atomic mass is 16.2. The number of urea groups is 1. The lowest BCUT2D eigenvalue weighted by molar-refractivity contribution is -0.135. The summed E-state index contributed by atoms with van der Waals surface area (Å²) in [5, 5.41) is 5.61. The topological polar surface area (TPSA) is 78.5 Å². The van der Waals surface area contributed by atoms with Gasteiger partial charge in [0.25, 0.3) is 5.91 Å². The van der Waals surface area contributed by atoms with Gasteiger partial charge in [-0.25, -0.2) is 4.79 Å². The lowest BCUT2D eigenvalue weighted by atomic mass is 9.92. The number of nitrogens with zero attached hydrogens (tertiary/aromatic N) is 1. The summed E-state index contributed by atoms with van der Waals surface area (Å²) in [5.74, 6) is 1.81. The van der Waals surface area contributed by atoms with Gasteiger partial charge in [0.1, 0.15) is 17.6 Å². The van der Waals surface area contributed by atoms with Gasteiger partial charge in [0.05, 0.1) is 0 Å². The maximum absolute atomic E-state index is 13.0. The first-order valence-electron chi connectivity index (χ1n) is 8.92. The summed E-state index contributed by atoms with van der Waals surface area (Å²) >= 11 is 0. The Kier molecular flexibility index (Phi) is 4.49. The lowest BCUT2D eigenvalue weighted by Crippen LogP contribution is -2.51. The van der Waals surface area contributed by atoms with E-state index in [2.05, 4.69) is 16.6 Å². The molecule has 1 fully saturated rings. The third kappa shape index (κ3) is 2.64. The molecule has 0 radical (unpaired) electrons. The minimum absolute atomic E-state index is 0.335. The molecule has 3 rings (SSSR count). The fourth-order valence-corrected chi connectivity index (χ4v) is 3.85. The molecule has 1 spiro atoms. The molecule has 6 heteroatoms. The summed E-state index contributed by atoms with van der Waals surface area (Å²) in [6.07, 6.45) is 7.93. The monoisotopic (exact) mass is 353 g/mol. The zero-order valence-electron chi connectivity index (χ0n) is 15.1. The second-order valence-electron chi connectivity index (χ2n) is 6.87. The van der Waals surface area contributed by atoms with Crippen molar-refractivity contribution in [2.24, 2.45) is 0 Å². The third-order valence-electron chi connectivity index (χ3n) is 5.59. The summed E-state index contributed by atoms with van der Waals surface area (Å²) in [6.45, 7) is 3.45. The van der Waals surface area contributed by atoms with Gasteiger partial charge in [0.15, 0.2) is 0 Å². The number of rotatable bonds is 5. The lowest BCUT2D eigenvalue weighted by Gasteiger charge is -2.28. The van der Waals surface area contributed by atoms with Crippen LogP contribution in [0.4, 0.5) is 4.79 Å². The molecule has 1 aromatic carbocycles. The molecule has 136 valence electrons. The molecule has 1 aliphatic heterocycles. The van der Waals surface area contributed by atoms with Gasteiger partial charge < -0.3 is 10.6 Å². The van der Waals surface area contributed by atoms with E-state index in [4.69, 9.17) is 6.42 Å². The second-order valence-corrected chi connectivity index (χ2v) is 6.87. The number of carbonyl (C=O) groups is 3. The molecule has 4 amide bonds. The van der Waals surface area contributed by atoms with Crippen LogP contribution in [-0.4, -0.2) is 34.8 Å². The average Bonchev–Trinajstić information content (AvgIpc) is 3.14. The maximum Gasteiger partial charge on any atom is 0.325 e. The van der Waals surface area contributed by atoms with Crippen LogP contribution in [0, 0.1) is 12.3 Å². The van der Waals surface area contributed by atoms with Crippen LogP contribution in [0.3, 0.4) is 0 Å². The van der Waals surface area contributed by atoms with Crippen LogP contribution in [0.25, 0.3) is 0 Å². The van der Waals surface area contributed by atoms with Gasteiger partial charge in [-0.05, 0) is 36.8 Å². The molecule has 0 bridgehead atoms. The van der Waals surface area contributed by atoms with Gasteiger partial charge in [0, 0.05) is 0 Å². The van der Waals surface area contributed by atoms with Crippen LogP contribution in [0.1, 0.15) is 44.2 Å². The van der Waals surface area contributed by atoms with Crippen molar-refractivity contribution >= 4 is 17.8 Å². The Morgan fingerprint density at radius 3 is 2.69 bits per heavy atom. The average molecular weight is 353 g/mol. The van der Waals surface area contributed by atoms with E-state index in [0.717, 1.165) is 16.0 Å². The molecule has 1 aliphatic carbocycles. The standard InChI is InChI=1S/C20H23N3O3/c1-4-19(5-2,6-3)21-16(24)13-23-17(25)20(22-18(23)26)12-11-14-9-7-8-10-15(14)20/h1,7-10H,5-6,11-13H2,2-3H3,(H,21,24)(H,22,26). The summed E-state index contributed by atoms with van der Waals surface area (Å²) in [4.78, 5) is 38.9. The number of benzene rings is 1. The van der Waals surface area contributed by atoms with Gasteiger partial charge in [0.2, 0.25) is 5.91 Å². The van der Waals surface area contributed by atoms with Crippen molar-refractivity contribution in [3.05, 3.63) is 35.4 Å². The van der Waals surface area contributed by atoms with Crippen LogP contribution in [0.15, 0.2) is 24.3 Å². The summed E-state index contributed by atoms with van der Waals surface area (Å²) in [6, 6.07) is 7.05. The number of terminal acetylenes is 1. The first-order chi connectivity index (χ1) is 12.4. The molecule has 1 saturated heterocycles. The van der Waals surface area contributed by atoms with E-state index in [9.17, 15) is 14.4 Å². The van der Waals surface area contributed by atoms with Gasteiger partial charge in [-0.15, -0.1) is 6.42 Å². The molecule has 0 aromatic heterocycles. The molecule has 0 saturated carbocycles. The van der Waals surface area contributed by atoms with E-state index in [1.807, 2.05) is 38.1 Å². The molecule has 1 aromatic rings. The predicted octanol–water partition coefficient (Wildman–Crippen LogP) is 1.69. The molecular formula is C20H23N3O3. The smallest absolute Gasteiger partial charge is 0.325 e. The van der Waals surface area contributed by atoms with Crippen LogP contribution in [0.2, 0.25) is 0 Å². The summed E-state index contributed by atoms with van der Waals surface area (Å²) < 4.78 is 0. The number of hydrogen-bond donors (Lipinski definition) is 2. The Hall–Kier alpha value is -2.81. The van der Waals surface area contributed by atoms with Crippen molar-refractivity contribution in [1.29, 1.82) is 0 Å². The Labute approximate surface area is 153 Å². The zero-order chi connectivity index (χ0) is 18.9. The molecule has 1 heterocycles. The van der Waals surface area contributed by atoms with Crippen LogP contribution in [0.5, 0.6) is 0 Å². The highest BCUT2D eigenvalue weighted by molar-refractivity contribution is 6.10. The molecule has 2 N–H and O–H groups in total. The molecule has 1 atom stereocenters. The van der Waals surface area contributed by atoms with E-state index in [-0.39, 0.29) is 12.5 Å². The normalized spacial score (nSPS) is 21.5. The summed E-state index contributed by atoms with van der Waals surface area (Å²) in [5.41, 5.74) is 0.0674. The quantitative estimate of drug-likeness (QED) is 0.625. The Bertz CT molecular complexity index is 807. The van der Waals surface area contributed by atoms with Crippen molar-refractivity contribution in [1.82, 2.24) is 15.5 Å². The van der Waals surface area contributed by atoms with Gasteiger partial charge in [-0.3, -0.25) is 14.5 Å². The maximum atomic E-state index is 13.0. The third-order valence-corrected chi connectivity index (χ3v) is 5.59. The highest BCUT2D eigenvalue weighted by Crippen LogP contribution is 2.41. The van der Waals surface area contributed by atoms with Gasteiger partial charge in [-0.1, -0.05) is 44.0 Å². The van der Waals surface area contributed by atoms with Crippen LogP contribution in [-0.2, 0) is 21.5 Å². The van der Waals surface area contributed by atoms with E-state index < -0.39 is 23.0 Å². The number of imide groups is 1. The Morgan fingerprint density at radius 2 is 2.04 bits per heavy atom. The number of hydrogen-bond acceptors (Lipinski definition) is 3. The number of fused-ring (bicyclic) bond motifs is 2. The molecule has 6 nitrogen and oxygen atoms in total. The molecule has 26 heavy (non-hydrogen) atoms. The molecule has 1 unspecified atom stereocenters. The van der Waals surface area contributed by atoms with Crippen molar-refractivity contribution in [2.45, 2.75) is 50.6 Å². The van der Waals surface area contributed by atoms with Crippen molar-refractivity contribution < 1.29 is 14.4 Å². The van der Waals surface area contributed by atoms with Crippen LogP contribution < -0.4 is 10.6 Å². The van der Waals surface area contributed by atoms with E-state index >= 15 is 0 Å². The van der Waals surface area contributed by atoms with Crippen LogP contribution >= 0.6 is 0 Å². The van der Waals surface area contributed by atoms with E-state index in [1.54, 1.807) is 0 Å². The number of aryl methyl sites for hydroxylation is 1. The SMILES string of the molecule is C#CC(CC)(CC)NC(=O)CN1C(=O)NC2(CCc3ccccc32)C1=O. The minimum atomic E-state index is -1.05. The Morgan fingerprint density at radius 1 is 1.35 bits per heavy atom. The van der Waals surface area contributed by atoms with Gasteiger partial charge >= 0.3 is 6.03 Å². The second kappa shape index (κ2) is 6.49. The van der Waals surface area contributed by atoms with E-state index in [0.29, 0.717) is 25.7 Å². The molecule has 2 aliphatic rings. The minimum Gasteiger partial charge on any atom is -0.338 e. The first-order valence-corrected chi connectivity index (χ1v) is 8.92. The number of nitrogens with one attached hydrogen (secondary N) is 2. The van der Waals surface area contributed by atoms with E-state index in [1.165, 1.54) is 0 Å².